The average Bonchev–Trinajstić information content (AvgIpc) is 1.98. The van der Waals surface area contributed by atoms with Crippen LogP contribution in [0.5, 0.6) is 0 Å². The lowest BCUT2D eigenvalue weighted by atomic mass is 10.3. The SMILES string of the molecule is C=C/C=C(\C=C)NCCC.[HH]. The normalized spacial score (nSPS) is 10.7. The van der Waals surface area contributed by atoms with Crippen LogP contribution in [0.4, 0.5) is 0 Å². The molecule has 1 nitrogen and oxygen atoms in total. The van der Waals surface area contributed by atoms with Gasteiger partial charge < -0.3 is 5.32 Å². The quantitative estimate of drug-likeness (QED) is 0.577. The second-order valence-electron chi connectivity index (χ2n) is 1.99. The summed E-state index contributed by atoms with van der Waals surface area (Å²) < 4.78 is 0. The molecule has 0 aliphatic rings. The summed E-state index contributed by atoms with van der Waals surface area (Å²) in [5, 5.41) is 3.19. The highest BCUT2D eigenvalue weighted by atomic mass is 14.9. The first-order chi connectivity index (χ1) is 4.85. The summed E-state index contributed by atoms with van der Waals surface area (Å²) in [5.74, 6) is 0. The molecule has 0 atom stereocenters. The zero-order chi connectivity index (χ0) is 7.82. The molecule has 0 aromatic carbocycles. The van der Waals surface area contributed by atoms with Crippen molar-refractivity contribution in [1.29, 1.82) is 0 Å². The summed E-state index contributed by atoms with van der Waals surface area (Å²) in [7, 11) is 0. The molecule has 0 heterocycles. The molecule has 1 heteroatoms. The second kappa shape index (κ2) is 6.14. The maximum absolute atomic E-state index is 3.65. The average molecular weight is 139 g/mol. The molecular formula is C9H17N. The summed E-state index contributed by atoms with van der Waals surface area (Å²) in [5.41, 5.74) is 1.04. The van der Waals surface area contributed by atoms with Crippen molar-refractivity contribution in [1.82, 2.24) is 5.32 Å². The van der Waals surface area contributed by atoms with Crippen molar-refractivity contribution in [2.45, 2.75) is 13.3 Å². The zero-order valence-corrected chi connectivity index (χ0v) is 6.56. The maximum Gasteiger partial charge on any atom is 0.0333 e. The molecule has 58 valence electrons. The van der Waals surface area contributed by atoms with Gasteiger partial charge in [0, 0.05) is 13.7 Å². The standard InChI is InChI=1S/C9H15N.H2/c1-4-7-9(6-3)10-8-5-2;/h4,6-7,10H,1,3,5,8H2,2H3;1H/b9-7+;. The van der Waals surface area contributed by atoms with Crippen molar-refractivity contribution in [3.05, 3.63) is 37.1 Å². The van der Waals surface area contributed by atoms with Crippen LogP contribution in [0.1, 0.15) is 14.8 Å². The molecule has 0 aromatic rings. The Morgan fingerprint density at radius 2 is 2.30 bits per heavy atom. The molecule has 10 heavy (non-hydrogen) atoms. The molecule has 0 aliphatic carbocycles. The third-order valence-corrected chi connectivity index (χ3v) is 1.10. The van der Waals surface area contributed by atoms with E-state index in [4.69, 9.17) is 0 Å². The van der Waals surface area contributed by atoms with E-state index in [1.165, 1.54) is 0 Å². The van der Waals surface area contributed by atoms with E-state index in [1.54, 1.807) is 12.2 Å². The van der Waals surface area contributed by atoms with Crippen LogP contribution < -0.4 is 5.32 Å². The summed E-state index contributed by atoms with van der Waals surface area (Å²) >= 11 is 0. The molecule has 0 bridgehead atoms. The minimum absolute atomic E-state index is 0. The summed E-state index contributed by atoms with van der Waals surface area (Å²) in [6, 6.07) is 0. The lowest BCUT2D eigenvalue weighted by Gasteiger charge is -2.02. The Kier molecular flexibility index (Phi) is 5.54. The van der Waals surface area contributed by atoms with Crippen molar-refractivity contribution in [2.24, 2.45) is 0 Å². The van der Waals surface area contributed by atoms with Gasteiger partial charge in [0.2, 0.25) is 0 Å². The summed E-state index contributed by atoms with van der Waals surface area (Å²) in [6.07, 6.45) is 6.57. The van der Waals surface area contributed by atoms with Crippen molar-refractivity contribution in [3.63, 3.8) is 0 Å². The summed E-state index contributed by atoms with van der Waals surface area (Å²) in [4.78, 5) is 0. The van der Waals surface area contributed by atoms with E-state index in [1.807, 2.05) is 6.08 Å². The zero-order valence-electron chi connectivity index (χ0n) is 6.56. The van der Waals surface area contributed by atoms with Crippen LogP contribution in [0.2, 0.25) is 0 Å². The van der Waals surface area contributed by atoms with Crippen LogP contribution in [0.15, 0.2) is 37.1 Å². The van der Waals surface area contributed by atoms with Gasteiger partial charge in [0.15, 0.2) is 0 Å². The highest BCUT2D eigenvalue weighted by Gasteiger charge is 1.84. The van der Waals surface area contributed by atoms with Crippen molar-refractivity contribution >= 4 is 0 Å². The number of hydrogen-bond donors (Lipinski definition) is 1. The molecule has 0 rings (SSSR count). The fraction of sp³-hybridized carbons (Fsp3) is 0.333. The molecule has 0 amide bonds. The van der Waals surface area contributed by atoms with Gasteiger partial charge in [0.1, 0.15) is 0 Å². The van der Waals surface area contributed by atoms with E-state index >= 15 is 0 Å². The van der Waals surface area contributed by atoms with Gasteiger partial charge in [-0.05, 0) is 18.6 Å². The Hall–Kier alpha value is -0.980. The lowest BCUT2D eigenvalue weighted by molar-refractivity contribution is 0.785. The predicted molar refractivity (Wildman–Crippen MR) is 48.9 cm³/mol. The minimum Gasteiger partial charge on any atom is -0.385 e. The fourth-order valence-electron chi connectivity index (χ4n) is 0.595. The van der Waals surface area contributed by atoms with Crippen LogP contribution in [0.3, 0.4) is 0 Å². The number of hydrogen-bond acceptors (Lipinski definition) is 1. The van der Waals surface area contributed by atoms with Crippen LogP contribution in [0, 0.1) is 0 Å². The van der Waals surface area contributed by atoms with Gasteiger partial charge in [-0.25, -0.2) is 0 Å². The second-order valence-corrected chi connectivity index (χ2v) is 1.99. The van der Waals surface area contributed by atoms with Crippen molar-refractivity contribution in [3.8, 4) is 0 Å². The van der Waals surface area contributed by atoms with E-state index in [2.05, 4.69) is 25.4 Å². The van der Waals surface area contributed by atoms with Gasteiger partial charge in [0.25, 0.3) is 0 Å². The van der Waals surface area contributed by atoms with E-state index in [0.717, 1.165) is 18.7 Å². The first-order valence-electron chi connectivity index (χ1n) is 3.54. The third kappa shape index (κ3) is 3.96. The summed E-state index contributed by atoms with van der Waals surface area (Å²) in [6.45, 7) is 10.4. The number of allylic oxidation sites excluding steroid dienone is 3. The maximum atomic E-state index is 3.65. The lowest BCUT2D eigenvalue weighted by Crippen LogP contribution is -2.11. The molecule has 0 aromatic heterocycles. The van der Waals surface area contributed by atoms with Gasteiger partial charge in [-0.3, -0.25) is 0 Å². The topological polar surface area (TPSA) is 12.0 Å². The highest BCUT2D eigenvalue weighted by molar-refractivity contribution is 5.18. The van der Waals surface area contributed by atoms with Gasteiger partial charge in [0.05, 0.1) is 0 Å². The molecule has 0 aliphatic heterocycles. The van der Waals surface area contributed by atoms with E-state index < -0.39 is 0 Å². The van der Waals surface area contributed by atoms with Gasteiger partial charge in [-0.1, -0.05) is 26.2 Å². The Morgan fingerprint density at radius 1 is 1.60 bits per heavy atom. The molecule has 0 fully saturated rings. The van der Waals surface area contributed by atoms with E-state index in [9.17, 15) is 0 Å². The Bertz CT molecular complexity index is 138. The molecule has 1 N–H and O–H groups in total. The Balaban J connectivity index is 0. The van der Waals surface area contributed by atoms with Gasteiger partial charge in [-0.2, -0.15) is 0 Å². The largest absolute Gasteiger partial charge is 0.385 e. The minimum atomic E-state index is 0. The molecule has 0 saturated heterocycles. The fourth-order valence-corrected chi connectivity index (χ4v) is 0.595. The predicted octanol–water partition coefficient (Wildman–Crippen LogP) is 2.49. The van der Waals surface area contributed by atoms with Gasteiger partial charge >= 0.3 is 0 Å². The van der Waals surface area contributed by atoms with Crippen LogP contribution in [-0.4, -0.2) is 6.54 Å². The van der Waals surface area contributed by atoms with Crippen molar-refractivity contribution in [2.75, 3.05) is 6.54 Å². The van der Waals surface area contributed by atoms with E-state index in [-0.39, 0.29) is 1.43 Å². The Morgan fingerprint density at radius 3 is 2.70 bits per heavy atom. The third-order valence-electron chi connectivity index (χ3n) is 1.10. The molecule has 0 spiro atoms. The monoisotopic (exact) mass is 139 g/mol. The van der Waals surface area contributed by atoms with Crippen LogP contribution >= 0.6 is 0 Å². The molecule has 0 radical (unpaired) electrons. The first-order valence-corrected chi connectivity index (χ1v) is 3.54. The number of nitrogens with one attached hydrogen (secondary N) is 1. The molecule has 0 saturated carbocycles. The van der Waals surface area contributed by atoms with Crippen LogP contribution in [0.25, 0.3) is 0 Å². The van der Waals surface area contributed by atoms with Crippen LogP contribution in [-0.2, 0) is 0 Å². The van der Waals surface area contributed by atoms with Crippen molar-refractivity contribution < 1.29 is 1.43 Å². The van der Waals surface area contributed by atoms with E-state index in [0.29, 0.717) is 0 Å². The number of rotatable bonds is 5. The first kappa shape index (κ1) is 9.02. The van der Waals surface area contributed by atoms with Gasteiger partial charge in [-0.15, -0.1) is 0 Å². The Labute approximate surface area is 64.6 Å². The molecule has 0 unspecified atom stereocenters. The molecular weight excluding hydrogens is 122 g/mol. The smallest absolute Gasteiger partial charge is 0.0333 e. The highest BCUT2D eigenvalue weighted by Crippen LogP contribution is 1.89.